The van der Waals surface area contributed by atoms with Crippen molar-refractivity contribution in [3.63, 3.8) is 0 Å². The van der Waals surface area contributed by atoms with Crippen LogP contribution in [0.15, 0.2) is 29.6 Å². The first-order chi connectivity index (χ1) is 5.70. The van der Waals surface area contributed by atoms with Crippen molar-refractivity contribution in [3.8, 4) is 0 Å². The molecule has 0 unspecified atom stereocenters. The lowest BCUT2D eigenvalue weighted by atomic mass is 10.2. The van der Waals surface area contributed by atoms with Crippen molar-refractivity contribution >= 4 is 5.71 Å². The summed E-state index contributed by atoms with van der Waals surface area (Å²) in [6.45, 7) is 1.98. The molecule has 0 bridgehead atoms. The highest BCUT2D eigenvalue weighted by Crippen LogP contribution is 1.99. The highest BCUT2D eigenvalue weighted by atomic mass is 15.4. The molecule has 0 N–H and O–H groups in total. The van der Waals surface area contributed by atoms with Crippen LogP contribution < -0.4 is 0 Å². The number of pyridine rings is 1. The van der Waals surface area contributed by atoms with Gasteiger partial charge < -0.3 is 5.01 Å². The maximum Gasteiger partial charge on any atom is 0.0647 e. The molecule has 0 aromatic carbocycles. The summed E-state index contributed by atoms with van der Waals surface area (Å²) in [7, 11) is 3.81. The third-order valence-corrected chi connectivity index (χ3v) is 1.45. The lowest BCUT2D eigenvalue weighted by molar-refractivity contribution is 0.438. The quantitative estimate of drug-likeness (QED) is 0.486. The minimum atomic E-state index is 1.00. The first-order valence-corrected chi connectivity index (χ1v) is 3.83. The molecule has 0 aliphatic rings. The smallest absolute Gasteiger partial charge is 0.0647 e. The fourth-order valence-corrected chi connectivity index (χ4v) is 0.951. The van der Waals surface area contributed by atoms with E-state index in [-0.39, 0.29) is 0 Å². The third-order valence-electron chi connectivity index (χ3n) is 1.45. The number of hydrogen-bond acceptors (Lipinski definition) is 3. The molecule has 0 amide bonds. The fraction of sp³-hybridized carbons (Fsp3) is 0.333. The molecule has 1 rings (SSSR count). The van der Waals surface area contributed by atoms with Crippen molar-refractivity contribution in [3.05, 3.63) is 30.1 Å². The topological polar surface area (TPSA) is 28.5 Å². The van der Waals surface area contributed by atoms with Gasteiger partial charge in [-0.1, -0.05) is 0 Å². The summed E-state index contributed by atoms with van der Waals surface area (Å²) >= 11 is 0. The monoisotopic (exact) mass is 163 g/mol. The predicted octanol–water partition coefficient (Wildman–Crippen LogP) is 1.37. The Kier molecular flexibility index (Phi) is 2.80. The van der Waals surface area contributed by atoms with Gasteiger partial charge in [0.2, 0.25) is 0 Å². The normalized spacial score (nSPS) is 11.4. The molecule has 0 aliphatic carbocycles. The zero-order chi connectivity index (χ0) is 8.97. The molecule has 0 fully saturated rings. The van der Waals surface area contributed by atoms with Gasteiger partial charge in [-0.15, -0.1) is 0 Å². The highest BCUT2D eigenvalue weighted by Gasteiger charge is 1.94. The maximum absolute atomic E-state index is 4.27. The van der Waals surface area contributed by atoms with Crippen molar-refractivity contribution in [2.24, 2.45) is 5.10 Å². The van der Waals surface area contributed by atoms with E-state index in [0.29, 0.717) is 0 Å². The Morgan fingerprint density at radius 2 is 1.92 bits per heavy atom. The van der Waals surface area contributed by atoms with Gasteiger partial charge in [0.1, 0.15) is 0 Å². The van der Waals surface area contributed by atoms with Crippen LogP contribution in [-0.2, 0) is 0 Å². The molecule has 3 nitrogen and oxygen atoms in total. The Labute approximate surface area is 72.7 Å². The van der Waals surface area contributed by atoms with Gasteiger partial charge in [0.15, 0.2) is 0 Å². The number of rotatable bonds is 2. The van der Waals surface area contributed by atoms with Crippen LogP contribution in [0.4, 0.5) is 0 Å². The highest BCUT2D eigenvalue weighted by molar-refractivity contribution is 5.98. The summed E-state index contributed by atoms with van der Waals surface area (Å²) in [5.41, 5.74) is 2.11. The van der Waals surface area contributed by atoms with Gasteiger partial charge in [-0.25, -0.2) is 0 Å². The van der Waals surface area contributed by atoms with E-state index in [4.69, 9.17) is 0 Å². The van der Waals surface area contributed by atoms with E-state index in [0.717, 1.165) is 11.3 Å². The van der Waals surface area contributed by atoms with E-state index in [1.807, 2.05) is 33.2 Å². The summed E-state index contributed by atoms with van der Waals surface area (Å²) in [5.74, 6) is 0. The minimum Gasteiger partial charge on any atom is -0.303 e. The zero-order valence-electron chi connectivity index (χ0n) is 7.65. The molecular formula is C9H13N3. The molecule has 0 saturated carbocycles. The lowest BCUT2D eigenvalue weighted by Crippen LogP contribution is -2.07. The van der Waals surface area contributed by atoms with Crippen LogP contribution in [0.1, 0.15) is 12.5 Å². The average molecular weight is 163 g/mol. The zero-order valence-corrected chi connectivity index (χ0v) is 7.65. The van der Waals surface area contributed by atoms with E-state index in [9.17, 15) is 0 Å². The molecule has 0 radical (unpaired) electrons. The van der Waals surface area contributed by atoms with Gasteiger partial charge in [-0.05, 0) is 19.1 Å². The van der Waals surface area contributed by atoms with Crippen LogP contribution in [0, 0.1) is 0 Å². The molecule has 0 atom stereocenters. The van der Waals surface area contributed by atoms with Crippen molar-refractivity contribution in [1.82, 2.24) is 9.99 Å². The molecule has 1 heterocycles. The lowest BCUT2D eigenvalue weighted by Gasteiger charge is -2.06. The number of aromatic nitrogens is 1. The summed E-state index contributed by atoms with van der Waals surface area (Å²) in [5, 5.41) is 6.06. The Morgan fingerprint density at radius 3 is 2.42 bits per heavy atom. The second-order valence-corrected chi connectivity index (χ2v) is 2.77. The second kappa shape index (κ2) is 3.85. The van der Waals surface area contributed by atoms with Gasteiger partial charge in [-0.3, -0.25) is 4.98 Å². The standard InChI is InChI=1S/C9H13N3/c1-8(11-12(2)3)9-4-6-10-7-5-9/h4-7H,1-3H3/b11-8-. The maximum atomic E-state index is 4.27. The van der Waals surface area contributed by atoms with E-state index in [1.165, 1.54) is 0 Å². The SMILES string of the molecule is C/C(=N/N(C)C)c1ccncc1. The number of hydrogen-bond donors (Lipinski definition) is 0. The van der Waals surface area contributed by atoms with Crippen molar-refractivity contribution < 1.29 is 0 Å². The average Bonchev–Trinajstić information content (AvgIpc) is 2.05. The molecule has 3 heteroatoms. The van der Waals surface area contributed by atoms with Crippen LogP contribution in [-0.4, -0.2) is 29.8 Å². The van der Waals surface area contributed by atoms with Gasteiger partial charge in [0.05, 0.1) is 5.71 Å². The molecule has 1 aromatic rings. The summed E-state index contributed by atoms with van der Waals surface area (Å²) < 4.78 is 0. The number of hydrazone groups is 1. The van der Waals surface area contributed by atoms with Crippen molar-refractivity contribution in [1.29, 1.82) is 0 Å². The fourth-order valence-electron chi connectivity index (χ4n) is 0.951. The molecular weight excluding hydrogens is 150 g/mol. The van der Waals surface area contributed by atoms with Crippen molar-refractivity contribution in [2.75, 3.05) is 14.1 Å². The molecule has 1 aromatic heterocycles. The van der Waals surface area contributed by atoms with Crippen LogP contribution in [0.5, 0.6) is 0 Å². The summed E-state index contributed by atoms with van der Waals surface area (Å²) in [4.78, 5) is 3.94. The minimum absolute atomic E-state index is 1.00. The second-order valence-electron chi connectivity index (χ2n) is 2.77. The summed E-state index contributed by atoms with van der Waals surface area (Å²) in [6.07, 6.45) is 3.54. The first-order valence-electron chi connectivity index (χ1n) is 3.83. The Balaban J connectivity index is 2.85. The van der Waals surface area contributed by atoms with Crippen molar-refractivity contribution in [2.45, 2.75) is 6.92 Å². The van der Waals surface area contributed by atoms with Gasteiger partial charge >= 0.3 is 0 Å². The van der Waals surface area contributed by atoms with Gasteiger partial charge in [0, 0.05) is 32.1 Å². The number of nitrogens with zero attached hydrogens (tertiary/aromatic N) is 3. The van der Waals surface area contributed by atoms with Crippen LogP contribution in [0.2, 0.25) is 0 Å². The Bertz CT molecular complexity index is 264. The van der Waals surface area contributed by atoms with Crippen LogP contribution in [0.3, 0.4) is 0 Å². The Hall–Kier alpha value is -1.38. The van der Waals surface area contributed by atoms with E-state index in [1.54, 1.807) is 17.4 Å². The summed E-state index contributed by atoms with van der Waals surface area (Å²) in [6, 6.07) is 3.89. The van der Waals surface area contributed by atoms with E-state index < -0.39 is 0 Å². The van der Waals surface area contributed by atoms with E-state index in [2.05, 4.69) is 10.1 Å². The molecule has 64 valence electrons. The Morgan fingerprint density at radius 1 is 1.33 bits per heavy atom. The molecule has 12 heavy (non-hydrogen) atoms. The van der Waals surface area contributed by atoms with Crippen LogP contribution >= 0.6 is 0 Å². The predicted molar refractivity (Wildman–Crippen MR) is 50.1 cm³/mol. The molecule has 0 saturated heterocycles. The molecule has 0 aliphatic heterocycles. The van der Waals surface area contributed by atoms with Gasteiger partial charge in [-0.2, -0.15) is 5.10 Å². The third kappa shape index (κ3) is 2.34. The largest absolute Gasteiger partial charge is 0.303 e. The van der Waals surface area contributed by atoms with Crippen LogP contribution in [0.25, 0.3) is 0 Å². The molecule has 0 spiro atoms. The van der Waals surface area contributed by atoms with E-state index >= 15 is 0 Å². The van der Waals surface area contributed by atoms with Gasteiger partial charge in [0.25, 0.3) is 0 Å². The first kappa shape index (κ1) is 8.71.